The third kappa shape index (κ3) is 3.12. The Labute approximate surface area is 157 Å². The van der Waals surface area contributed by atoms with Gasteiger partial charge in [0.1, 0.15) is 23.0 Å². The highest BCUT2D eigenvalue weighted by Gasteiger charge is 2.32. The predicted octanol–water partition coefficient (Wildman–Crippen LogP) is 4.67. The number of aryl methyl sites for hydroxylation is 2. The third-order valence-corrected chi connectivity index (χ3v) is 4.71. The summed E-state index contributed by atoms with van der Waals surface area (Å²) >= 11 is 0. The molecule has 0 bridgehead atoms. The third-order valence-electron chi connectivity index (χ3n) is 4.71. The monoisotopic (exact) mass is 360 g/mol. The number of hydrogen-bond donors (Lipinski definition) is 1. The van der Waals surface area contributed by atoms with Crippen LogP contribution in [0.4, 0.5) is 0 Å². The molecule has 2 aromatic carbocycles. The van der Waals surface area contributed by atoms with Crippen LogP contribution < -0.4 is 10.2 Å². The smallest absolute Gasteiger partial charge is 0.252 e. The number of hydrogen-bond acceptors (Lipinski definition) is 4. The van der Waals surface area contributed by atoms with Gasteiger partial charge in [0, 0.05) is 16.7 Å². The number of nitrogens with zero attached hydrogens (tertiary/aromatic N) is 1. The van der Waals surface area contributed by atoms with Gasteiger partial charge < -0.3 is 9.15 Å². The van der Waals surface area contributed by atoms with Gasteiger partial charge in [-0.25, -0.2) is 5.43 Å². The van der Waals surface area contributed by atoms with E-state index in [4.69, 9.17) is 9.15 Å². The number of rotatable bonds is 3. The Morgan fingerprint density at radius 2 is 1.59 bits per heavy atom. The number of fused-ring (bicyclic) bond motifs is 2. The molecule has 1 aliphatic heterocycles. The average Bonchev–Trinajstić information content (AvgIpc) is 3.02. The fraction of sp³-hybridized carbons (Fsp3) is 0.182. The molecule has 0 fully saturated rings. The Morgan fingerprint density at radius 3 is 2.15 bits per heavy atom. The van der Waals surface area contributed by atoms with E-state index in [0.29, 0.717) is 17.2 Å². The lowest BCUT2D eigenvalue weighted by Gasteiger charge is -2.26. The summed E-state index contributed by atoms with van der Waals surface area (Å²) in [6.45, 7) is 5.62. The van der Waals surface area contributed by atoms with Crippen molar-refractivity contribution in [3.63, 3.8) is 0 Å². The highest BCUT2D eigenvalue weighted by Crippen LogP contribution is 2.43. The molecule has 1 amide bonds. The first-order valence-corrected chi connectivity index (χ1v) is 8.82. The molecule has 4 rings (SSSR count). The average molecular weight is 360 g/mol. The Hall–Kier alpha value is -3.34. The van der Waals surface area contributed by atoms with Gasteiger partial charge in [-0.2, -0.15) is 5.10 Å². The molecule has 0 radical (unpaired) electrons. The van der Waals surface area contributed by atoms with Crippen LogP contribution in [0.5, 0.6) is 11.5 Å². The minimum absolute atomic E-state index is 0.199. The molecule has 1 aromatic heterocycles. The molecule has 0 saturated carbocycles. The van der Waals surface area contributed by atoms with E-state index in [1.165, 1.54) is 0 Å². The fourth-order valence-corrected chi connectivity index (χ4v) is 3.45. The number of ether oxygens (including phenoxy) is 1. The molecule has 0 aliphatic carbocycles. The molecule has 1 aliphatic rings. The summed E-state index contributed by atoms with van der Waals surface area (Å²) in [4.78, 5) is 13.1. The zero-order valence-electron chi connectivity index (χ0n) is 15.4. The van der Waals surface area contributed by atoms with Crippen molar-refractivity contribution in [1.82, 2.24) is 5.43 Å². The van der Waals surface area contributed by atoms with Crippen molar-refractivity contribution in [3.8, 4) is 11.5 Å². The van der Waals surface area contributed by atoms with Crippen LogP contribution in [0.25, 0.3) is 0 Å². The van der Waals surface area contributed by atoms with Crippen LogP contribution in [-0.4, -0.2) is 11.6 Å². The molecule has 0 spiro atoms. The predicted molar refractivity (Wildman–Crippen MR) is 103 cm³/mol. The first-order chi connectivity index (χ1) is 13.0. The number of carbonyl (C=O) groups is 1. The van der Waals surface area contributed by atoms with Crippen LogP contribution in [-0.2, 0) is 4.79 Å². The number of carbonyl (C=O) groups excluding carboxylic acids is 1. The number of benzene rings is 2. The first-order valence-electron chi connectivity index (χ1n) is 8.82. The van der Waals surface area contributed by atoms with Crippen molar-refractivity contribution >= 4 is 11.6 Å². The van der Waals surface area contributed by atoms with Gasteiger partial charge in [0.05, 0.1) is 11.6 Å². The van der Waals surface area contributed by atoms with Crippen molar-refractivity contribution in [2.45, 2.75) is 26.7 Å². The maximum atomic E-state index is 13.1. The largest absolute Gasteiger partial charge is 0.466 e. The van der Waals surface area contributed by atoms with Gasteiger partial charge in [0.15, 0.2) is 0 Å². The molecule has 2 heterocycles. The number of hydrazone groups is 1. The Morgan fingerprint density at radius 1 is 1.00 bits per heavy atom. The second kappa shape index (κ2) is 6.76. The second-order valence-corrected chi connectivity index (χ2v) is 6.61. The molecular weight excluding hydrogens is 340 g/mol. The summed E-state index contributed by atoms with van der Waals surface area (Å²) in [6.07, 6.45) is 0. The van der Waals surface area contributed by atoms with Crippen molar-refractivity contribution < 1.29 is 13.9 Å². The van der Waals surface area contributed by atoms with Gasteiger partial charge in [-0.05, 0) is 39.0 Å². The zero-order valence-corrected chi connectivity index (χ0v) is 15.4. The molecule has 136 valence electrons. The Balaban J connectivity index is 1.66. The highest BCUT2D eigenvalue weighted by atomic mass is 16.5. The molecule has 3 aromatic rings. The quantitative estimate of drug-likeness (QED) is 0.545. The summed E-state index contributed by atoms with van der Waals surface area (Å²) in [5.41, 5.74) is 5.97. The van der Waals surface area contributed by atoms with Crippen LogP contribution >= 0.6 is 0 Å². The number of nitrogens with one attached hydrogen (secondary N) is 1. The SMILES string of the molecule is C/C(=N/NC(=O)C1c2ccccc2Oc2ccccc21)c1cc(C)oc1C. The van der Waals surface area contributed by atoms with E-state index < -0.39 is 5.92 Å². The van der Waals surface area contributed by atoms with Crippen LogP contribution in [0.2, 0.25) is 0 Å². The second-order valence-electron chi connectivity index (χ2n) is 6.61. The molecular formula is C22H20N2O3. The number of amides is 1. The van der Waals surface area contributed by atoms with Crippen molar-refractivity contribution in [3.05, 3.63) is 82.8 Å². The lowest BCUT2D eigenvalue weighted by Crippen LogP contribution is -2.29. The van der Waals surface area contributed by atoms with Crippen LogP contribution in [0.3, 0.4) is 0 Å². The van der Waals surface area contributed by atoms with E-state index in [9.17, 15) is 4.79 Å². The fourth-order valence-electron chi connectivity index (χ4n) is 3.45. The van der Waals surface area contributed by atoms with E-state index in [1.807, 2.05) is 75.4 Å². The standard InChI is InChI=1S/C22H20N2O3/c1-13-12-18(15(3)26-13)14(2)23-24-22(25)21-16-8-4-6-10-19(16)27-20-11-7-5-9-17(20)21/h4-12,21H,1-3H3,(H,24,25)/b23-14-. The Bertz CT molecular complexity index is 1000. The summed E-state index contributed by atoms with van der Waals surface area (Å²) in [6, 6.07) is 17.1. The normalized spacial score (nSPS) is 13.5. The molecule has 0 atom stereocenters. The van der Waals surface area contributed by atoms with E-state index >= 15 is 0 Å². The molecule has 0 saturated heterocycles. The van der Waals surface area contributed by atoms with Crippen molar-refractivity contribution in [1.29, 1.82) is 0 Å². The first kappa shape index (κ1) is 17.1. The number of para-hydroxylation sites is 2. The maximum absolute atomic E-state index is 13.1. The highest BCUT2D eigenvalue weighted by molar-refractivity contribution is 6.00. The van der Waals surface area contributed by atoms with Gasteiger partial charge in [-0.15, -0.1) is 0 Å². The van der Waals surface area contributed by atoms with E-state index in [2.05, 4.69) is 10.5 Å². The van der Waals surface area contributed by atoms with Crippen LogP contribution in [0.15, 0.2) is 64.1 Å². The molecule has 1 N–H and O–H groups in total. The number of furan rings is 1. The summed E-state index contributed by atoms with van der Waals surface area (Å²) in [7, 11) is 0. The van der Waals surface area contributed by atoms with E-state index in [1.54, 1.807) is 0 Å². The minimum Gasteiger partial charge on any atom is -0.466 e. The van der Waals surface area contributed by atoms with Gasteiger partial charge in [0.2, 0.25) is 0 Å². The Kier molecular flexibility index (Phi) is 4.28. The van der Waals surface area contributed by atoms with E-state index in [-0.39, 0.29) is 5.91 Å². The van der Waals surface area contributed by atoms with Crippen molar-refractivity contribution in [2.75, 3.05) is 0 Å². The molecule has 5 heteroatoms. The maximum Gasteiger partial charge on any atom is 0.252 e. The van der Waals surface area contributed by atoms with Crippen LogP contribution in [0.1, 0.15) is 41.1 Å². The van der Waals surface area contributed by atoms with Crippen LogP contribution in [0, 0.1) is 13.8 Å². The lowest BCUT2D eigenvalue weighted by molar-refractivity contribution is -0.121. The topological polar surface area (TPSA) is 63.8 Å². The van der Waals surface area contributed by atoms with Gasteiger partial charge in [-0.1, -0.05) is 36.4 Å². The molecule has 0 unspecified atom stereocenters. The lowest BCUT2D eigenvalue weighted by atomic mass is 9.87. The van der Waals surface area contributed by atoms with Gasteiger partial charge >= 0.3 is 0 Å². The summed E-state index contributed by atoms with van der Waals surface area (Å²) in [5, 5.41) is 4.31. The van der Waals surface area contributed by atoms with E-state index in [0.717, 1.165) is 28.2 Å². The zero-order chi connectivity index (χ0) is 19.0. The summed E-state index contributed by atoms with van der Waals surface area (Å²) < 4.78 is 11.5. The van der Waals surface area contributed by atoms with Crippen molar-refractivity contribution in [2.24, 2.45) is 5.10 Å². The van der Waals surface area contributed by atoms with Gasteiger partial charge in [0.25, 0.3) is 5.91 Å². The van der Waals surface area contributed by atoms with Gasteiger partial charge in [-0.3, -0.25) is 4.79 Å². The molecule has 27 heavy (non-hydrogen) atoms. The minimum atomic E-state index is -0.477. The summed E-state index contributed by atoms with van der Waals surface area (Å²) in [5.74, 6) is 2.31. The molecule has 5 nitrogen and oxygen atoms in total.